The minimum absolute atomic E-state index is 0.287. The van der Waals surface area contributed by atoms with Gasteiger partial charge >= 0.3 is 11.9 Å². The molecule has 2 heterocycles. The molecule has 156 valence electrons. The Morgan fingerprint density at radius 1 is 0.704 bits per heavy atom. The van der Waals surface area contributed by atoms with Crippen LogP contribution in [0, 0.1) is 11.8 Å². The quantitative estimate of drug-likeness (QED) is 0.395. The minimum atomic E-state index is -0.483. The second-order valence-electron chi connectivity index (χ2n) is 7.33. The number of fused-ring (bicyclic) bond motifs is 2. The van der Waals surface area contributed by atoms with Gasteiger partial charge in [-0.2, -0.15) is 0 Å². The molecule has 6 unspecified atom stereocenters. The van der Waals surface area contributed by atoms with Crippen LogP contribution >= 0.6 is 0 Å². The first-order valence-electron chi connectivity index (χ1n) is 10.8. The molecule has 0 amide bonds. The molecule has 0 N–H and O–H groups in total. The Kier molecular flexibility index (Phi) is 9.03. The maximum Gasteiger partial charge on any atom is 0.317 e. The van der Waals surface area contributed by atoms with Crippen molar-refractivity contribution in [3.63, 3.8) is 0 Å². The van der Waals surface area contributed by atoms with E-state index in [9.17, 15) is 9.59 Å². The van der Waals surface area contributed by atoms with Gasteiger partial charge in [-0.1, -0.05) is 27.7 Å². The molecule has 6 heteroatoms. The van der Waals surface area contributed by atoms with Crippen molar-refractivity contribution in [1.82, 2.24) is 0 Å². The Labute approximate surface area is 163 Å². The van der Waals surface area contributed by atoms with Crippen molar-refractivity contribution in [3.8, 4) is 0 Å². The van der Waals surface area contributed by atoms with Gasteiger partial charge in [0.2, 0.25) is 0 Å². The van der Waals surface area contributed by atoms with E-state index in [0.717, 1.165) is 38.5 Å². The lowest BCUT2D eigenvalue weighted by Crippen LogP contribution is -2.24. The molecule has 0 aromatic rings. The lowest BCUT2D eigenvalue weighted by atomic mass is 9.90. The maximum atomic E-state index is 11.7. The van der Waals surface area contributed by atoms with Crippen molar-refractivity contribution in [1.29, 1.82) is 0 Å². The third-order valence-electron chi connectivity index (χ3n) is 5.47. The van der Waals surface area contributed by atoms with Crippen molar-refractivity contribution in [2.24, 2.45) is 11.8 Å². The van der Waals surface area contributed by atoms with Crippen LogP contribution in [-0.4, -0.2) is 49.6 Å². The summed E-state index contributed by atoms with van der Waals surface area (Å²) in [5, 5.41) is 0. The fourth-order valence-electron chi connectivity index (χ4n) is 3.92. The fraction of sp³-hybridized carbons (Fsp3) is 0.905. The molecule has 0 spiro atoms. The maximum absolute atomic E-state index is 11.7. The molecular weight excluding hydrogens is 348 g/mol. The van der Waals surface area contributed by atoms with Crippen LogP contribution in [0.3, 0.4) is 0 Å². The highest BCUT2D eigenvalue weighted by atomic mass is 16.6. The van der Waals surface area contributed by atoms with Crippen molar-refractivity contribution in [3.05, 3.63) is 0 Å². The SMILES string of the molecule is CC.CC.O=C(CC(=O)OCC1CCC2OC2C1)OCC1CCC2OC2C1. The second-order valence-corrected chi connectivity index (χ2v) is 7.33. The highest BCUT2D eigenvalue weighted by Gasteiger charge is 2.44. The summed E-state index contributed by atoms with van der Waals surface area (Å²) in [6, 6.07) is 0. The molecule has 4 aliphatic rings. The van der Waals surface area contributed by atoms with Crippen LogP contribution in [0.1, 0.15) is 72.6 Å². The molecule has 6 atom stereocenters. The Bertz CT molecular complexity index is 437. The highest BCUT2D eigenvalue weighted by Crippen LogP contribution is 2.40. The topological polar surface area (TPSA) is 77.7 Å². The summed E-state index contributed by atoms with van der Waals surface area (Å²) in [5.74, 6) is -0.231. The highest BCUT2D eigenvalue weighted by molar-refractivity contribution is 5.91. The van der Waals surface area contributed by atoms with Crippen LogP contribution in [0.4, 0.5) is 0 Å². The molecule has 2 aliphatic carbocycles. The van der Waals surface area contributed by atoms with E-state index < -0.39 is 11.9 Å². The van der Waals surface area contributed by atoms with Gasteiger partial charge < -0.3 is 18.9 Å². The zero-order chi connectivity index (χ0) is 19.8. The molecule has 4 rings (SSSR count). The molecule has 0 bridgehead atoms. The second kappa shape index (κ2) is 11.0. The summed E-state index contributed by atoms with van der Waals surface area (Å²) in [6.07, 6.45) is 7.49. The minimum Gasteiger partial charge on any atom is -0.465 e. The predicted molar refractivity (Wildman–Crippen MR) is 101 cm³/mol. The number of rotatable bonds is 6. The Balaban J connectivity index is 0.000000614. The van der Waals surface area contributed by atoms with Crippen LogP contribution in [-0.2, 0) is 28.5 Å². The number of carbonyl (C=O) groups excluding carboxylic acids is 2. The largest absolute Gasteiger partial charge is 0.465 e. The molecule has 4 fully saturated rings. The number of epoxide rings is 2. The Hall–Kier alpha value is -1.14. The van der Waals surface area contributed by atoms with Crippen LogP contribution in [0.25, 0.3) is 0 Å². The fourth-order valence-corrected chi connectivity index (χ4v) is 3.92. The van der Waals surface area contributed by atoms with E-state index >= 15 is 0 Å². The smallest absolute Gasteiger partial charge is 0.317 e. The van der Waals surface area contributed by atoms with Gasteiger partial charge in [-0.25, -0.2) is 0 Å². The average molecular weight is 385 g/mol. The summed E-state index contributed by atoms with van der Waals surface area (Å²) in [7, 11) is 0. The number of carbonyl (C=O) groups is 2. The third-order valence-corrected chi connectivity index (χ3v) is 5.47. The van der Waals surface area contributed by atoms with Crippen LogP contribution < -0.4 is 0 Å². The lowest BCUT2D eigenvalue weighted by Gasteiger charge is -2.19. The van der Waals surface area contributed by atoms with E-state index in [0.29, 0.717) is 49.5 Å². The van der Waals surface area contributed by atoms with Crippen LogP contribution in [0.2, 0.25) is 0 Å². The molecule has 2 saturated heterocycles. The van der Waals surface area contributed by atoms with E-state index in [1.54, 1.807) is 0 Å². The summed E-state index contributed by atoms with van der Waals surface area (Å²) >= 11 is 0. The molecule has 0 radical (unpaired) electrons. The zero-order valence-electron chi connectivity index (χ0n) is 17.3. The summed E-state index contributed by atoms with van der Waals surface area (Å²) in [4.78, 5) is 23.4. The van der Waals surface area contributed by atoms with E-state index in [4.69, 9.17) is 18.9 Å². The summed E-state index contributed by atoms with van der Waals surface area (Å²) < 4.78 is 21.4. The van der Waals surface area contributed by atoms with E-state index in [-0.39, 0.29) is 6.42 Å². The first kappa shape index (κ1) is 22.2. The van der Waals surface area contributed by atoms with Crippen molar-refractivity contribution < 1.29 is 28.5 Å². The van der Waals surface area contributed by atoms with Gasteiger partial charge in [-0.3, -0.25) is 9.59 Å². The summed E-state index contributed by atoms with van der Waals surface area (Å²) in [5.41, 5.74) is 0. The molecule has 27 heavy (non-hydrogen) atoms. The molecule has 6 nitrogen and oxygen atoms in total. The third kappa shape index (κ3) is 7.07. The molecule has 2 aliphatic heterocycles. The van der Waals surface area contributed by atoms with Crippen LogP contribution in [0.5, 0.6) is 0 Å². The van der Waals surface area contributed by atoms with E-state index in [2.05, 4.69) is 0 Å². The first-order chi connectivity index (χ1) is 13.2. The number of ether oxygens (including phenoxy) is 4. The van der Waals surface area contributed by atoms with Gasteiger partial charge in [0.05, 0.1) is 37.6 Å². The summed E-state index contributed by atoms with van der Waals surface area (Å²) in [6.45, 7) is 8.78. The number of hydrogen-bond donors (Lipinski definition) is 0. The molecular formula is C21H36O6. The molecule has 2 saturated carbocycles. The first-order valence-corrected chi connectivity index (χ1v) is 10.8. The monoisotopic (exact) mass is 384 g/mol. The van der Waals surface area contributed by atoms with E-state index in [1.807, 2.05) is 27.7 Å². The van der Waals surface area contributed by atoms with Gasteiger partial charge in [-0.05, 0) is 50.4 Å². The van der Waals surface area contributed by atoms with Crippen molar-refractivity contribution in [2.75, 3.05) is 13.2 Å². The van der Waals surface area contributed by atoms with E-state index in [1.165, 1.54) is 0 Å². The average Bonchev–Trinajstić information content (AvgIpc) is 3.61. The molecule has 0 aromatic carbocycles. The molecule has 0 aromatic heterocycles. The van der Waals surface area contributed by atoms with Gasteiger partial charge in [0.1, 0.15) is 6.42 Å². The standard InChI is InChI=1S/C17H24O6.2C2H6/c18-16(20-8-10-1-3-12-14(5-10)22-12)7-17(19)21-9-11-2-4-13-15(6-11)23-13;2*1-2/h10-15H,1-9H2;2*1-2H3. The zero-order valence-corrected chi connectivity index (χ0v) is 17.3. The van der Waals surface area contributed by atoms with Gasteiger partial charge in [0, 0.05) is 0 Å². The van der Waals surface area contributed by atoms with Crippen molar-refractivity contribution in [2.45, 2.75) is 97.1 Å². The Morgan fingerprint density at radius 3 is 1.48 bits per heavy atom. The normalized spacial score (nSPS) is 35.0. The predicted octanol–water partition coefficient (Wildman–Crippen LogP) is 3.65. The van der Waals surface area contributed by atoms with Gasteiger partial charge in [0.15, 0.2) is 0 Å². The lowest BCUT2D eigenvalue weighted by molar-refractivity contribution is -0.156. The number of hydrogen-bond acceptors (Lipinski definition) is 6. The van der Waals surface area contributed by atoms with Crippen LogP contribution in [0.15, 0.2) is 0 Å². The van der Waals surface area contributed by atoms with Crippen molar-refractivity contribution >= 4 is 11.9 Å². The number of esters is 2. The van der Waals surface area contributed by atoms with Gasteiger partial charge in [0.25, 0.3) is 0 Å². The van der Waals surface area contributed by atoms with Gasteiger partial charge in [-0.15, -0.1) is 0 Å². The Morgan fingerprint density at radius 2 is 1.11 bits per heavy atom.